The normalized spacial score (nSPS) is 15.0. The molecule has 0 aliphatic heterocycles. The van der Waals surface area contributed by atoms with Crippen molar-refractivity contribution in [3.8, 4) is 0 Å². The SMILES string of the molecule is C=CC(C)(CCl)Cc1c(C)nn(C)c1Cl. The van der Waals surface area contributed by atoms with Crippen molar-refractivity contribution < 1.29 is 0 Å². The Morgan fingerprint density at radius 1 is 1.60 bits per heavy atom. The zero-order chi connectivity index (χ0) is 11.6. The van der Waals surface area contributed by atoms with Crippen LogP contribution in [0.3, 0.4) is 0 Å². The van der Waals surface area contributed by atoms with Crippen molar-refractivity contribution in [2.24, 2.45) is 12.5 Å². The Morgan fingerprint density at radius 3 is 2.53 bits per heavy atom. The molecule has 0 radical (unpaired) electrons. The topological polar surface area (TPSA) is 17.8 Å². The largest absolute Gasteiger partial charge is 0.257 e. The van der Waals surface area contributed by atoms with Crippen LogP contribution in [-0.4, -0.2) is 15.7 Å². The van der Waals surface area contributed by atoms with Gasteiger partial charge in [0.05, 0.1) is 5.69 Å². The summed E-state index contributed by atoms with van der Waals surface area (Å²) in [6, 6.07) is 0. The minimum atomic E-state index is -0.126. The van der Waals surface area contributed by atoms with Gasteiger partial charge in [-0.1, -0.05) is 24.6 Å². The van der Waals surface area contributed by atoms with Crippen LogP contribution in [0.2, 0.25) is 5.15 Å². The van der Waals surface area contributed by atoms with Gasteiger partial charge in [0.1, 0.15) is 5.15 Å². The van der Waals surface area contributed by atoms with E-state index in [9.17, 15) is 0 Å². The molecule has 1 atom stereocenters. The second-order valence-corrected chi connectivity index (χ2v) is 4.77. The Labute approximate surface area is 101 Å². The molecule has 4 heteroatoms. The van der Waals surface area contributed by atoms with Crippen molar-refractivity contribution in [1.82, 2.24) is 9.78 Å². The van der Waals surface area contributed by atoms with Crippen LogP contribution in [0.1, 0.15) is 18.2 Å². The molecule has 0 fully saturated rings. The lowest BCUT2D eigenvalue weighted by Gasteiger charge is -2.22. The molecule has 0 spiro atoms. The van der Waals surface area contributed by atoms with Crippen LogP contribution in [-0.2, 0) is 13.5 Å². The van der Waals surface area contributed by atoms with Gasteiger partial charge in [0.25, 0.3) is 0 Å². The van der Waals surface area contributed by atoms with E-state index in [1.165, 1.54) is 0 Å². The molecule has 1 aromatic heterocycles. The van der Waals surface area contributed by atoms with Crippen LogP contribution in [0.25, 0.3) is 0 Å². The predicted octanol–water partition coefficient (Wildman–Crippen LogP) is 3.36. The van der Waals surface area contributed by atoms with Crippen LogP contribution in [0.15, 0.2) is 12.7 Å². The maximum absolute atomic E-state index is 6.16. The number of hydrogen-bond donors (Lipinski definition) is 0. The fraction of sp³-hybridized carbons (Fsp3) is 0.545. The summed E-state index contributed by atoms with van der Waals surface area (Å²) in [7, 11) is 1.84. The zero-order valence-corrected chi connectivity index (χ0v) is 10.9. The highest BCUT2D eigenvalue weighted by molar-refractivity contribution is 6.30. The standard InChI is InChI=1S/C11H16Cl2N2/c1-5-11(3,7-12)6-9-8(2)14-15(4)10(9)13/h5H,1,6-7H2,2-4H3. The molecule has 1 heterocycles. The summed E-state index contributed by atoms with van der Waals surface area (Å²) >= 11 is 12.1. The number of aromatic nitrogens is 2. The molecule has 0 amide bonds. The minimum absolute atomic E-state index is 0.126. The number of halogens is 2. The maximum Gasteiger partial charge on any atom is 0.130 e. The zero-order valence-electron chi connectivity index (χ0n) is 9.35. The molecule has 2 nitrogen and oxygen atoms in total. The van der Waals surface area contributed by atoms with Crippen LogP contribution >= 0.6 is 23.2 Å². The van der Waals surface area contributed by atoms with E-state index < -0.39 is 0 Å². The van der Waals surface area contributed by atoms with Gasteiger partial charge in [0, 0.05) is 23.9 Å². The summed E-state index contributed by atoms with van der Waals surface area (Å²) < 4.78 is 1.68. The van der Waals surface area contributed by atoms with Crippen molar-refractivity contribution >= 4 is 23.2 Å². The van der Waals surface area contributed by atoms with Crippen molar-refractivity contribution in [3.63, 3.8) is 0 Å². The van der Waals surface area contributed by atoms with E-state index in [0.29, 0.717) is 11.0 Å². The lowest BCUT2D eigenvalue weighted by atomic mass is 9.86. The number of hydrogen-bond acceptors (Lipinski definition) is 1. The molecule has 0 aromatic carbocycles. The third-order valence-electron chi connectivity index (χ3n) is 2.65. The first kappa shape index (κ1) is 12.6. The van der Waals surface area contributed by atoms with E-state index >= 15 is 0 Å². The monoisotopic (exact) mass is 246 g/mol. The van der Waals surface area contributed by atoms with Crippen molar-refractivity contribution in [3.05, 3.63) is 29.1 Å². The summed E-state index contributed by atoms with van der Waals surface area (Å²) in [6.45, 7) is 7.83. The summed E-state index contributed by atoms with van der Waals surface area (Å²) in [4.78, 5) is 0. The Hall–Kier alpha value is -0.470. The van der Waals surface area contributed by atoms with Crippen molar-refractivity contribution in [1.29, 1.82) is 0 Å². The van der Waals surface area contributed by atoms with E-state index in [-0.39, 0.29) is 5.41 Å². The quantitative estimate of drug-likeness (QED) is 0.589. The van der Waals surface area contributed by atoms with Gasteiger partial charge in [-0.3, -0.25) is 4.68 Å². The average Bonchev–Trinajstić information content (AvgIpc) is 2.45. The summed E-state index contributed by atoms with van der Waals surface area (Å²) in [5, 5.41) is 4.96. The van der Waals surface area contributed by atoms with Gasteiger partial charge in [-0.25, -0.2) is 0 Å². The molecule has 1 aromatic rings. The Balaban J connectivity index is 3.03. The van der Waals surface area contributed by atoms with Gasteiger partial charge in [-0.05, 0) is 13.3 Å². The molecular weight excluding hydrogens is 231 g/mol. The number of allylic oxidation sites excluding steroid dienone is 1. The van der Waals surface area contributed by atoms with Crippen LogP contribution in [0, 0.1) is 12.3 Å². The van der Waals surface area contributed by atoms with Crippen LogP contribution in [0.5, 0.6) is 0 Å². The van der Waals surface area contributed by atoms with Gasteiger partial charge in [-0.2, -0.15) is 5.10 Å². The van der Waals surface area contributed by atoms with E-state index in [2.05, 4.69) is 18.6 Å². The molecule has 0 N–H and O–H groups in total. The van der Waals surface area contributed by atoms with Gasteiger partial charge in [0.15, 0.2) is 0 Å². The maximum atomic E-state index is 6.16. The first-order valence-corrected chi connectivity index (χ1v) is 5.72. The predicted molar refractivity (Wildman–Crippen MR) is 65.7 cm³/mol. The second-order valence-electron chi connectivity index (χ2n) is 4.15. The molecule has 0 aliphatic carbocycles. The van der Waals surface area contributed by atoms with Crippen molar-refractivity contribution in [2.75, 3.05) is 5.88 Å². The number of rotatable bonds is 4. The molecule has 84 valence electrons. The lowest BCUT2D eigenvalue weighted by Crippen LogP contribution is -2.18. The lowest BCUT2D eigenvalue weighted by molar-refractivity contribution is 0.485. The summed E-state index contributed by atoms with van der Waals surface area (Å²) in [5.41, 5.74) is 1.89. The number of aryl methyl sites for hydroxylation is 2. The molecule has 15 heavy (non-hydrogen) atoms. The van der Waals surface area contributed by atoms with E-state index in [4.69, 9.17) is 23.2 Å². The molecule has 0 bridgehead atoms. The molecule has 0 aliphatic rings. The van der Waals surface area contributed by atoms with Gasteiger partial charge in [-0.15, -0.1) is 18.2 Å². The molecule has 0 saturated carbocycles. The molecule has 1 rings (SSSR count). The third-order valence-corrected chi connectivity index (χ3v) is 3.73. The van der Waals surface area contributed by atoms with E-state index in [0.717, 1.165) is 17.7 Å². The second kappa shape index (κ2) is 4.58. The van der Waals surface area contributed by atoms with Gasteiger partial charge in [0.2, 0.25) is 0 Å². The van der Waals surface area contributed by atoms with Crippen LogP contribution in [0.4, 0.5) is 0 Å². The molecule has 0 saturated heterocycles. The smallest absolute Gasteiger partial charge is 0.130 e. The van der Waals surface area contributed by atoms with Gasteiger partial charge >= 0.3 is 0 Å². The number of nitrogens with zero attached hydrogens (tertiary/aromatic N) is 2. The first-order chi connectivity index (χ1) is 6.93. The average molecular weight is 247 g/mol. The van der Waals surface area contributed by atoms with E-state index in [1.807, 2.05) is 20.0 Å². The Kier molecular flexibility index (Phi) is 3.85. The highest BCUT2D eigenvalue weighted by Gasteiger charge is 2.24. The molecule has 1 unspecified atom stereocenters. The minimum Gasteiger partial charge on any atom is -0.257 e. The highest BCUT2D eigenvalue weighted by Crippen LogP contribution is 2.30. The Morgan fingerprint density at radius 2 is 2.20 bits per heavy atom. The molecular formula is C11H16Cl2N2. The summed E-state index contributed by atoms with van der Waals surface area (Å²) in [6.07, 6.45) is 2.65. The Bertz CT molecular complexity index is 371. The third kappa shape index (κ3) is 2.56. The first-order valence-electron chi connectivity index (χ1n) is 4.81. The highest BCUT2D eigenvalue weighted by atomic mass is 35.5. The van der Waals surface area contributed by atoms with Gasteiger partial charge < -0.3 is 0 Å². The fourth-order valence-electron chi connectivity index (χ4n) is 1.45. The van der Waals surface area contributed by atoms with E-state index in [1.54, 1.807) is 4.68 Å². The fourth-order valence-corrected chi connectivity index (χ4v) is 1.90. The summed E-state index contributed by atoms with van der Waals surface area (Å²) in [5.74, 6) is 0.529. The number of alkyl halides is 1. The van der Waals surface area contributed by atoms with Crippen molar-refractivity contribution in [2.45, 2.75) is 20.3 Å². The van der Waals surface area contributed by atoms with Crippen LogP contribution < -0.4 is 0 Å².